The predicted molar refractivity (Wildman–Crippen MR) is 113 cm³/mol. The first-order valence-corrected chi connectivity index (χ1v) is 10.1. The van der Waals surface area contributed by atoms with Crippen molar-refractivity contribution >= 4 is 23.6 Å². The molecule has 2 heterocycles. The summed E-state index contributed by atoms with van der Waals surface area (Å²) in [6.45, 7) is 4.07. The molecule has 0 saturated carbocycles. The van der Waals surface area contributed by atoms with Crippen molar-refractivity contribution in [3.8, 4) is 5.75 Å². The largest absolute Gasteiger partial charge is 0.449 e. The lowest BCUT2D eigenvalue weighted by Gasteiger charge is -2.19. The van der Waals surface area contributed by atoms with Gasteiger partial charge < -0.3 is 20.3 Å². The molecule has 6 heteroatoms. The molecule has 2 aliphatic rings. The second kappa shape index (κ2) is 8.92. The van der Waals surface area contributed by atoms with Gasteiger partial charge in [0.1, 0.15) is 0 Å². The van der Waals surface area contributed by atoms with E-state index in [4.69, 9.17) is 4.74 Å². The number of likely N-dealkylation sites (tertiary alicyclic amines) is 1. The van der Waals surface area contributed by atoms with Crippen molar-refractivity contribution < 1.29 is 14.3 Å². The highest BCUT2D eigenvalue weighted by molar-refractivity contribution is 6.08. The third kappa shape index (κ3) is 4.84. The number of hydrogen-bond acceptors (Lipinski definition) is 4. The van der Waals surface area contributed by atoms with E-state index < -0.39 is 0 Å². The van der Waals surface area contributed by atoms with Crippen LogP contribution in [0.25, 0.3) is 6.08 Å². The Labute approximate surface area is 170 Å². The number of carbonyl (C=O) groups excluding carboxylic acids is 2. The second-order valence-electron chi connectivity index (χ2n) is 7.34. The van der Waals surface area contributed by atoms with Crippen LogP contribution in [0.15, 0.2) is 54.3 Å². The highest BCUT2D eigenvalue weighted by Gasteiger charge is 2.21. The zero-order valence-corrected chi connectivity index (χ0v) is 16.3. The third-order valence-electron chi connectivity index (χ3n) is 5.18. The normalized spacial score (nSPS) is 17.5. The maximum Gasteiger partial charge on any atom is 0.291 e. The minimum absolute atomic E-state index is 0.0776. The highest BCUT2D eigenvalue weighted by Crippen LogP contribution is 2.30. The molecule has 29 heavy (non-hydrogen) atoms. The van der Waals surface area contributed by atoms with Gasteiger partial charge in [-0.15, -0.1) is 0 Å². The Morgan fingerprint density at radius 2 is 1.86 bits per heavy atom. The summed E-state index contributed by atoms with van der Waals surface area (Å²) in [5.74, 6) is 0.473. The molecule has 4 rings (SSSR count). The molecule has 1 fully saturated rings. The summed E-state index contributed by atoms with van der Waals surface area (Å²) in [7, 11) is 0. The van der Waals surface area contributed by atoms with E-state index in [1.807, 2.05) is 24.3 Å². The number of rotatable bonds is 6. The summed E-state index contributed by atoms with van der Waals surface area (Å²) in [6, 6.07) is 14.4. The molecule has 2 aliphatic heterocycles. The monoisotopic (exact) mass is 391 g/mol. The van der Waals surface area contributed by atoms with Crippen molar-refractivity contribution in [3.05, 3.63) is 65.4 Å². The summed E-state index contributed by atoms with van der Waals surface area (Å²) < 4.78 is 5.70. The van der Waals surface area contributed by atoms with Crippen LogP contribution in [0.4, 0.5) is 5.69 Å². The van der Waals surface area contributed by atoms with Gasteiger partial charge in [-0.25, -0.2) is 0 Å². The topological polar surface area (TPSA) is 70.7 Å². The predicted octanol–water partition coefficient (Wildman–Crippen LogP) is 3.27. The van der Waals surface area contributed by atoms with Gasteiger partial charge in [0.05, 0.1) is 5.69 Å². The van der Waals surface area contributed by atoms with Crippen molar-refractivity contribution in [2.75, 3.05) is 31.5 Å². The fourth-order valence-corrected chi connectivity index (χ4v) is 3.60. The van der Waals surface area contributed by atoms with Gasteiger partial charge in [0.2, 0.25) is 0 Å². The first kappa shape index (κ1) is 19.2. The van der Waals surface area contributed by atoms with E-state index in [9.17, 15) is 9.59 Å². The lowest BCUT2D eigenvalue weighted by Crippen LogP contribution is -2.28. The molecule has 0 aliphatic carbocycles. The molecule has 2 N–H and O–H groups in total. The molecule has 0 bridgehead atoms. The first-order chi connectivity index (χ1) is 14.2. The Morgan fingerprint density at radius 3 is 2.66 bits per heavy atom. The van der Waals surface area contributed by atoms with Crippen LogP contribution in [0, 0.1) is 0 Å². The van der Waals surface area contributed by atoms with Gasteiger partial charge in [-0.1, -0.05) is 24.3 Å². The number of anilines is 1. The number of ether oxygens (including phenoxy) is 1. The van der Waals surface area contributed by atoms with Crippen molar-refractivity contribution in [3.63, 3.8) is 0 Å². The van der Waals surface area contributed by atoms with E-state index in [2.05, 4.69) is 15.5 Å². The molecule has 0 unspecified atom stereocenters. The zero-order valence-electron chi connectivity index (χ0n) is 16.3. The van der Waals surface area contributed by atoms with Crippen LogP contribution in [0.1, 0.15) is 35.2 Å². The van der Waals surface area contributed by atoms with Crippen molar-refractivity contribution in [1.82, 2.24) is 10.2 Å². The first-order valence-electron chi connectivity index (χ1n) is 10.1. The number of hydrogen-bond donors (Lipinski definition) is 2. The molecule has 2 amide bonds. The number of amides is 2. The molecule has 6 nitrogen and oxygen atoms in total. The Bertz CT molecular complexity index is 915. The lowest BCUT2D eigenvalue weighted by molar-refractivity contribution is -0.115. The quantitative estimate of drug-likeness (QED) is 0.586. The number of nitrogens with zero attached hydrogens (tertiary/aromatic N) is 1. The molecule has 2 aromatic rings. The summed E-state index contributed by atoms with van der Waals surface area (Å²) in [5.41, 5.74) is 2.05. The molecule has 1 saturated heterocycles. The molecule has 0 atom stereocenters. The number of carbonyl (C=O) groups is 2. The average molecular weight is 391 g/mol. The second-order valence-corrected chi connectivity index (χ2v) is 7.34. The molecule has 0 radical (unpaired) electrons. The summed E-state index contributed by atoms with van der Waals surface area (Å²) in [5, 5.41) is 5.78. The minimum Gasteiger partial charge on any atom is -0.449 e. The summed E-state index contributed by atoms with van der Waals surface area (Å²) in [6.07, 6.45) is 5.20. The minimum atomic E-state index is -0.288. The van der Waals surface area contributed by atoms with Crippen LogP contribution in [0.2, 0.25) is 0 Å². The van der Waals surface area contributed by atoms with E-state index in [0.717, 1.165) is 18.5 Å². The van der Waals surface area contributed by atoms with E-state index >= 15 is 0 Å². The van der Waals surface area contributed by atoms with Gasteiger partial charge in [-0.05, 0) is 74.8 Å². The molecule has 2 aromatic carbocycles. The van der Waals surface area contributed by atoms with Crippen molar-refractivity contribution in [2.45, 2.75) is 19.3 Å². The van der Waals surface area contributed by atoms with Crippen LogP contribution in [0.5, 0.6) is 5.75 Å². The Kier molecular flexibility index (Phi) is 5.91. The van der Waals surface area contributed by atoms with Gasteiger partial charge in [0.25, 0.3) is 11.8 Å². The Hall–Kier alpha value is -3.12. The van der Waals surface area contributed by atoms with Crippen LogP contribution >= 0.6 is 0 Å². The SMILES string of the molecule is O=C1Nc2ccccc2O/C1=C\c1ccc(C(=O)NCCCN2CCCC2)cc1. The average Bonchev–Trinajstić information content (AvgIpc) is 3.26. The maximum atomic E-state index is 12.3. The van der Waals surface area contributed by atoms with Crippen LogP contribution < -0.4 is 15.4 Å². The van der Waals surface area contributed by atoms with Gasteiger partial charge in [-0.2, -0.15) is 0 Å². The van der Waals surface area contributed by atoms with Gasteiger partial charge >= 0.3 is 0 Å². The van der Waals surface area contributed by atoms with E-state index in [-0.39, 0.29) is 17.6 Å². The van der Waals surface area contributed by atoms with Gasteiger partial charge in [-0.3, -0.25) is 9.59 Å². The van der Waals surface area contributed by atoms with Gasteiger partial charge in [0, 0.05) is 12.1 Å². The highest BCUT2D eigenvalue weighted by atomic mass is 16.5. The Balaban J connectivity index is 1.32. The smallest absolute Gasteiger partial charge is 0.291 e. The Morgan fingerprint density at radius 1 is 1.10 bits per heavy atom. The molecule has 0 aromatic heterocycles. The summed E-state index contributed by atoms with van der Waals surface area (Å²) in [4.78, 5) is 26.9. The van der Waals surface area contributed by atoms with Gasteiger partial charge in [0.15, 0.2) is 11.5 Å². The third-order valence-corrected chi connectivity index (χ3v) is 5.18. The number of benzene rings is 2. The lowest BCUT2D eigenvalue weighted by atomic mass is 10.1. The summed E-state index contributed by atoms with van der Waals surface area (Å²) >= 11 is 0. The van der Waals surface area contributed by atoms with Crippen LogP contribution in [-0.4, -0.2) is 42.9 Å². The van der Waals surface area contributed by atoms with Crippen LogP contribution in [-0.2, 0) is 4.79 Å². The van der Waals surface area contributed by atoms with Crippen molar-refractivity contribution in [2.24, 2.45) is 0 Å². The molecule has 0 spiro atoms. The van der Waals surface area contributed by atoms with Crippen LogP contribution in [0.3, 0.4) is 0 Å². The fourth-order valence-electron chi connectivity index (χ4n) is 3.60. The van der Waals surface area contributed by atoms with Crippen molar-refractivity contribution in [1.29, 1.82) is 0 Å². The number of nitrogens with one attached hydrogen (secondary N) is 2. The zero-order chi connectivity index (χ0) is 20.1. The molecule has 150 valence electrons. The number of para-hydroxylation sites is 2. The fraction of sp³-hybridized carbons (Fsp3) is 0.304. The van der Waals surface area contributed by atoms with E-state index in [1.165, 1.54) is 25.9 Å². The number of fused-ring (bicyclic) bond motifs is 1. The van der Waals surface area contributed by atoms with E-state index in [0.29, 0.717) is 23.5 Å². The maximum absolute atomic E-state index is 12.3. The standard InChI is InChI=1S/C23H25N3O3/c27-22(24-12-5-15-26-13-3-4-14-26)18-10-8-17(9-11-18)16-21-23(28)25-19-6-1-2-7-20(19)29-21/h1-2,6-11,16H,3-5,12-15H2,(H,24,27)(H,25,28)/b21-16-. The molecular formula is C23H25N3O3. The van der Waals surface area contributed by atoms with E-state index in [1.54, 1.807) is 30.3 Å². The molecular weight excluding hydrogens is 366 g/mol.